The van der Waals surface area contributed by atoms with Crippen molar-refractivity contribution in [2.24, 2.45) is 5.73 Å². The van der Waals surface area contributed by atoms with Crippen LogP contribution >= 0.6 is 11.6 Å². The van der Waals surface area contributed by atoms with Crippen molar-refractivity contribution < 1.29 is 18.3 Å². The first-order valence-corrected chi connectivity index (χ1v) is 5.08. The van der Waals surface area contributed by atoms with E-state index in [9.17, 15) is 8.78 Å². The van der Waals surface area contributed by atoms with Gasteiger partial charge in [0.25, 0.3) is 0 Å². The predicted octanol–water partition coefficient (Wildman–Crippen LogP) is 2.72. The Morgan fingerprint density at radius 1 is 1.31 bits per heavy atom. The third kappa shape index (κ3) is 2.20. The number of fused-ring (bicyclic) bond motifs is 1. The molecule has 1 aliphatic heterocycles. The number of halogens is 3. The van der Waals surface area contributed by atoms with Crippen LogP contribution in [-0.2, 0) is 0 Å². The van der Waals surface area contributed by atoms with Crippen molar-refractivity contribution in [1.29, 1.82) is 0 Å². The van der Waals surface area contributed by atoms with Gasteiger partial charge in [0.05, 0.1) is 0 Å². The molecule has 0 saturated carbocycles. The van der Waals surface area contributed by atoms with E-state index < -0.39 is 18.9 Å². The fraction of sp³-hybridized carbons (Fsp3) is 0.400. The van der Waals surface area contributed by atoms with Crippen LogP contribution in [0.25, 0.3) is 0 Å². The first kappa shape index (κ1) is 11.4. The minimum atomic E-state index is -2.46. The SMILES string of the molecule is N[C@@H](CC(F)F)c1cc2c(cc1Cl)OCO2. The molecule has 3 nitrogen and oxygen atoms in total. The zero-order chi connectivity index (χ0) is 11.7. The van der Waals surface area contributed by atoms with Crippen LogP contribution < -0.4 is 15.2 Å². The van der Waals surface area contributed by atoms with Gasteiger partial charge in [-0.2, -0.15) is 0 Å². The molecule has 0 aromatic heterocycles. The first-order valence-electron chi connectivity index (χ1n) is 4.70. The molecule has 1 aromatic rings. The van der Waals surface area contributed by atoms with E-state index in [0.717, 1.165) is 0 Å². The van der Waals surface area contributed by atoms with E-state index in [1.165, 1.54) is 6.07 Å². The quantitative estimate of drug-likeness (QED) is 0.896. The number of rotatable bonds is 3. The Bertz CT molecular complexity index is 401. The lowest BCUT2D eigenvalue weighted by atomic mass is 10.0. The number of hydrogen-bond acceptors (Lipinski definition) is 3. The summed E-state index contributed by atoms with van der Waals surface area (Å²) in [6.45, 7) is 0.110. The van der Waals surface area contributed by atoms with Crippen LogP contribution in [0.15, 0.2) is 12.1 Å². The molecule has 2 N–H and O–H groups in total. The highest BCUT2D eigenvalue weighted by molar-refractivity contribution is 6.31. The Morgan fingerprint density at radius 2 is 1.94 bits per heavy atom. The second-order valence-electron chi connectivity index (χ2n) is 3.46. The van der Waals surface area contributed by atoms with Gasteiger partial charge in [-0.3, -0.25) is 0 Å². The summed E-state index contributed by atoms with van der Waals surface area (Å²) in [4.78, 5) is 0. The Kier molecular flexibility index (Phi) is 3.16. The van der Waals surface area contributed by atoms with E-state index in [1.807, 2.05) is 0 Å². The van der Waals surface area contributed by atoms with Gasteiger partial charge in [-0.05, 0) is 11.6 Å². The van der Waals surface area contributed by atoms with Gasteiger partial charge >= 0.3 is 0 Å². The molecule has 0 bridgehead atoms. The van der Waals surface area contributed by atoms with E-state index in [0.29, 0.717) is 22.1 Å². The molecule has 1 atom stereocenters. The fourth-order valence-electron chi connectivity index (χ4n) is 1.54. The van der Waals surface area contributed by atoms with Crippen molar-refractivity contribution in [2.45, 2.75) is 18.9 Å². The van der Waals surface area contributed by atoms with Crippen LogP contribution in [0.2, 0.25) is 5.02 Å². The monoisotopic (exact) mass is 249 g/mol. The van der Waals surface area contributed by atoms with Crippen LogP contribution in [-0.4, -0.2) is 13.2 Å². The van der Waals surface area contributed by atoms with Gasteiger partial charge in [0.1, 0.15) is 0 Å². The number of hydrogen-bond donors (Lipinski definition) is 1. The maximum atomic E-state index is 12.2. The Balaban J connectivity index is 2.27. The molecule has 1 aliphatic rings. The molecule has 6 heteroatoms. The molecule has 0 saturated heterocycles. The summed E-state index contributed by atoms with van der Waals surface area (Å²) < 4.78 is 34.6. The average Bonchev–Trinajstić information content (AvgIpc) is 2.61. The van der Waals surface area contributed by atoms with Gasteiger partial charge in [-0.15, -0.1) is 0 Å². The molecule has 16 heavy (non-hydrogen) atoms. The molecule has 1 aromatic carbocycles. The summed E-state index contributed by atoms with van der Waals surface area (Å²) >= 11 is 5.93. The van der Waals surface area contributed by atoms with Gasteiger partial charge in [-0.25, -0.2) is 8.78 Å². The van der Waals surface area contributed by atoms with Gasteiger partial charge in [0.2, 0.25) is 13.2 Å². The maximum Gasteiger partial charge on any atom is 0.240 e. The van der Waals surface area contributed by atoms with E-state index in [1.54, 1.807) is 6.07 Å². The molecule has 1 heterocycles. The maximum absolute atomic E-state index is 12.2. The lowest BCUT2D eigenvalue weighted by Gasteiger charge is -2.13. The standard InChI is InChI=1S/C10H10ClF2NO2/c11-6-2-9-8(15-4-16-9)1-5(6)7(14)3-10(12)13/h1-2,7,10H,3-4,14H2/t7-/m0/s1. The third-order valence-corrected chi connectivity index (χ3v) is 2.65. The predicted molar refractivity (Wildman–Crippen MR) is 55.1 cm³/mol. The van der Waals surface area contributed by atoms with Gasteiger partial charge in [0.15, 0.2) is 11.5 Å². The van der Waals surface area contributed by atoms with E-state index in [2.05, 4.69) is 0 Å². The van der Waals surface area contributed by atoms with Crippen molar-refractivity contribution in [3.05, 3.63) is 22.7 Å². The smallest absolute Gasteiger partial charge is 0.240 e. The van der Waals surface area contributed by atoms with Gasteiger partial charge < -0.3 is 15.2 Å². The summed E-state index contributed by atoms with van der Waals surface area (Å²) in [5.41, 5.74) is 6.08. The summed E-state index contributed by atoms with van der Waals surface area (Å²) in [6, 6.07) is 2.28. The molecule has 0 unspecified atom stereocenters. The Morgan fingerprint density at radius 3 is 2.56 bits per heavy atom. The third-order valence-electron chi connectivity index (χ3n) is 2.32. The summed E-state index contributed by atoms with van der Waals surface area (Å²) in [5, 5.41) is 0.317. The van der Waals surface area contributed by atoms with Crippen molar-refractivity contribution in [3.63, 3.8) is 0 Å². The van der Waals surface area contributed by atoms with E-state index in [-0.39, 0.29) is 6.79 Å². The minimum absolute atomic E-state index is 0.110. The molecule has 2 rings (SSSR count). The van der Waals surface area contributed by atoms with Crippen molar-refractivity contribution in [3.8, 4) is 11.5 Å². The first-order chi connectivity index (χ1) is 7.58. The highest BCUT2D eigenvalue weighted by Crippen LogP contribution is 2.39. The molecule has 88 valence electrons. The lowest BCUT2D eigenvalue weighted by Crippen LogP contribution is -2.14. The van der Waals surface area contributed by atoms with Crippen LogP contribution in [0.1, 0.15) is 18.0 Å². The van der Waals surface area contributed by atoms with Crippen LogP contribution in [0.3, 0.4) is 0 Å². The van der Waals surface area contributed by atoms with Crippen molar-refractivity contribution in [1.82, 2.24) is 0 Å². The Hall–Kier alpha value is -1.07. The zero-order valence-corrected chi connectivity index (χ0v) is 9.01. The fourth-order valence-corrected chi connectivity index (χ4v) is 1.83. The average molecular weight is 250 g/mol. The second kappa shape index (κ2) is 4.43. The largest absolute Gasteiger partial charge is 0.454 e. The topological polar surface area (TPSA) is 44.5 Å². The number of alkyl halides is 2. The van der Waals surface area contributed by atoms with E-state index >= 15 is 0 Å². The summed E-state index contributed by atoms with van der Waals surface area (Å²) in [7, 11) is 0. The molecule has 0 amide bonds. The summed E-state index contributed by atoms with van der Waals surface area (Å²) in [5.74, 6) is 1.00. The van der Waals surface area contributed by atoms with Crippen molar-refractivity contribution >= 4 is 11.6 Å². The van der Waals surface area contributed by atoms with Crippen LogP contribution in [0.5, 0.6) is 11.5 Å². The summed E-state index contributed by atoms with van der Waals surface area (Å²) in [6.07, 6.45) is -2.89. The minimum Gasteiger partial charge on any atom is -0.454 e. The van der Waals surface area contributed by atoms with E-state index in [4.69, 9.17) is 26.8 Å². The number of nitrogens with two attached hydrogens (primary N) is 1. The van der Waals surface area contributed by atoms with Gasteiger partial charge in [0, 0.05) is 23.6 Å². The molecular formula is C10H10ClF2NO2. The Labute approximate surface area is 96.1 Å². The van der Waals surface area contributed by atoms with Crippen LogP contribution in [0, 0.1) is 0 Å². The molecule has 0 spiro atoms. The lowest BCUT2D eigenvalue weighted by molar-refractivity contribution is 0.128. The number of benzene rings is 1. The number of ether oxygens (including phenoxy) is 2. The normalized spacial score (nSPS) is 15.6. The molecule has 0 aliphatic carbocycles. The second-order valence-corrected chi connectivity index (χ2v) is 3.87. The van der Waals surface area contributed by atoms with Gasteiger partial charge in [-0.1, -0.05) is 11.6 Å². The highest BCUT2D eigenvalue weighted by atomic mass is 35.5. The molecular weight excluding hydrogens is 240 g/mol. The highest BCUT2D eigenvalue weighted by Gasteiger charge is 2.21. The van der Waals surface area contributed by atoms with Crippen LogP contribution in [0.4, 0.5) is 8.78 Å². The molecule has 0 fully saturated rings. The zero-order valence-electron chi connectivity index (χ0n) is 8.25. The van der Waals surface area contributed by atoms with Crippen molar-refractivity contribution in [2.75, 3.05) is 6.79 Å². The molecule has 0 radical (unpaired) electrons.